The number of carbonyl (C=O) groups is 1. The van der Waals surface area contributed by atoms with Gasteiger partial charge in [0.1, 0.15) is 18.8 Å². The number of hydrogen-bond donors (Lipinski definition) is 1. The number of aliphatic hydroxyl groups is 1. The van der Waals surface area contributed by atoms with Gasteiger partial charge in [-0.1, -0.05) is 27.7 Å². The number of cyclic esters (lactones) is 2. The molecule has 2 fully saturated rings. The molecular formula is C17H30O7. The molecule has 1 N–H and O–H groups in total. The van der Waals surface area contributed by atoms with E-state index in [9.17, 15) is 9.90 Å². The van der Waals surface area contributed by atoms with E-state index in [-0.39, 0.29) is 18.8 Å². The van der Waals surface area contributed by atoms with E-state index >= 15 is 0 Å². The summed E-state index contributed by atoms with van der Waals surface area (Å²) in [5.74, 6) is -0.572. The molecule has 0 spiro atoms. The average Bonchev–Trinajstić information content (AvgIpc) is 3.15. The SMILES string of the molecule is CCC1(CC)OC[C@H]([C@@H](OC)C(C)(C)[C@H](O)C[C@H]2COC(=O)O2)O1. The lowest BCUT2D eigenvalue weighted by molar-refractivity contribution is -0.199. The smallest absolute Gasteiger partial charge is 0.430 e. The van der Waals surface area contributed by atoms with E-state index in [4.69, 9.17) is 23.7 Å². The number of methoxy groups -OCH3 is 1. The van der Waals surface area contributed by atoms with Gasteiger partial charge in [-0.05, 0) is 12.8 Å². The molecule has 0 amide bonds. The Morgan fingerprint density at radius 1 is 1.33 bits per heavy atom. The van der Waals surface area contributed by atoms with Crippen LogP contribution in [0, 0.1) is 5.41 Å². The van der Waals surface area contributed by atoms with Crippen LogP contribution in [0.2, 0.25) is 0 Å². The summed E-state index contributed by atoms with van der Waals surface area (Å²) in [6.45, 7) is 8.50. The van der Waals surface area contributed by atoms with Crippen molar-refractivity contribution in [1.82, 2.24) is 0 Å². The number of carbonyl (C=O) groups excluding carboxylic acids is 1. The molecule has 0 aromatic rings. The van der Waals surface area contributed by atoms with E-state index in [1.165, 1.54) is 0 Å². The van der Waals surface area contributed by atoms with Crippen LogP contribution in [0.15, 0.2) is 0 Å². The highest BCUT2D eigenvalue weighted by Crippen LogP contribution is 2.39. The normalized spacial score (nSPS) is 29.2. The fourth-order valence-electron chi connectivity index (χ4n) is 3.51. The standard InChI is InChI=1S/C17H30O7/c1-6-17(7-2)22-10-12(24-17)14(20-5)16(3,4)13(18)8-11-9-21-15(19)23-11/h11-14,18H,6-10H2,1-5H3/t11-,12+,13+,14+/m0/s1. The van der Waals surface area contributed by atoms with E-state index < -0.39 is 29.6 Å². The second-order valence-electron chi connectivity index (χ2n) is 7.12. The molecule has 0 radical (unpaired) electrons. The Morgan fingerprint density at radius 2 is 2.00 bits per heavy atom. The molecule has 0 unspecified atom stereocenters. The summed E-state index contributed by atoms with van der Waals surface area (Å²) in [4.78, 5) is 11.0. The van der Waals surface area contributed by atoms with Crippen LogP contribution >= 0.6 is 0 Å². The zero-order chi connectivity index (χ0) is 18.0. The van der Waals surface area contributed by atoms with Crippen molar-refractivity contribution in [1.29, 1.82) is 0 Å². The Bertz CT molecular complexity index is 433. The van der Waals surface area contributed by atoms with E-state index in [0.29, 0.717) is 13.0 Å². The Balaban J connectivity index is 2.03. The van der Waals surface area contributed by atoms with Crippen molar-refractivity contribution < 1.29 is 33.6 Å². The first-order chi connectivity index (χ1) is 11.3. The number of hydrogen-bond acceptors (Lipinski definition) is 7. The quantitative estimate of drug-likeness (QED) is 0.675. The van der Waals surface area contributed by atoms with Crippen LogP contribution in [0.1, 0.15) is 47.0 Å². The molecule has 0 saturated carbocycles. The van der Waals surface area contributed by atoms with Crippen molar-refractivity contribution >= 4 is 6.16 Å². The van der Waals surface area contributed by atoms with Gasteiger partial charge in [0.25, 0.3) is 0 Å². The largest absolute Gasteiger partial charge is 0.508 e. The summed E-state index contributed by atoms with van der Waals surface area (Å²) >= 11 is 0. The third-order valence-electron chi connectivity index (χ3n) is 5.27. The second kappa shape index (κ2) is 7.56. The Kier molecular flexibility index (Phi) is 6.12. The fourth-order valence-corrected chi connectivity index (χ4v) is 3.51. The average molecular weight is 346 g/mol. The maximum absolute atomic E-state index is 11.0. The topological polar surface area (TPSA) is 83.5 Å². The zero-order valence-electron chi connectivity index (χ0n) is 15.2. The van der Waals surface area contributed by atoms with Gasteiger partial charge in [-0.25, -0.2) is 4.79 Å². The van der Waals surface area contributed by atoms with E-state index in [2.05, 4.69) is 0 Å². The number of ether oxygens (including phenoxy) is 5. The van der Waals surface area contributed by atoms with Crippen LogP contribution < -0.4 is 0 Å². The Hall–Kier alpha value is -0.890. The van der Waals surface area contributed by atoms with Gasteiger partial charge in [0.2, 0.25) is 0 Å². The van der Waals surface area contributed by atoms with E-state index in [1.54, 1.807) is 7.11 Å². The van der Waals surface area contributed by atoms with Gasteiger partial charge >= 0.3 is 6.16 Å². The van der Waals surface area contributed by atoms with E-state index in [1.807, 2.05) is 27.7 Å². The van der Waals surface area contributed by atoms with Gasteiger partial charge in [0.15, 0.2) is 5.79 Å². The maximum atomic E-state index is 11.0. The molecule has 140 valence electrons. The minimum Gasteiger partial charge on any atom is -0.430 e. The third-order valence-corrected chi connectivity index (χ3v) is 5.27. The second-order valence-corrected chi connectivity index (χ2v) is 7.12. The zero-order valence-corrected chi connectivity index (χ0v) is 15.2. The summed E-state index contributed by atoms with van der Waals surface area (Å²) in [6, 6.07) is 0. The van der Waals surface area contributed by atoms with Gasteiger partial charge < -0.3 is 28.8 Å². The highest BCUT2D eigenvalue weighted by molar-refractivity contribution is 5.61. The van der Waals surface area contributed by atoms with Crippen molar-refractivity contribution in [2.45, 2.75) is 77.2 Å². The highest BCUT2D eigenvalue weighted by Gasteiger charge is 2.49. The molecule has 2 aliphatic heterocycles. The predicted octanol–water partition coefficient (Wildman–Crippen LogP) is 2.25. The monoisotopic (exact) mass is 346 g/mol. The van der Waals surface area contributed by atoms with Crippen LogP contribution in [0.3, 0.4) is 0 Å². The lowest BCUT2D eigenvalue weighted by Crippen LogP contribution is -2.50. The molecule has 2 aliphatic rings. The van der Waals surface area contributed by atoms with Crippen molar-refractivity contribution in [3.05, 3.63) is 0 Å². The summed E-state index contributed by atoms with van der Waals surface area (Å²) < 4.78 is 27.5. The maximum Gasteiger partial charge on any atom is 0.508 e. The summed E-state index contributed by atoms with van der Waals surface area (Å²) in [6.07, 6.45) is -0.675. The lowest BCUT2D eigenvalue weighted by Gasteiger charge is -2.40. The molecule has 7 nitrogen and oxygen atoms in total. The molecule has 0 aliphatic carbocycles. The Morgan fingerprint density at radius 3 is 2.46 bits per heavy atom. The minimum atomic E-state index is -0.746. The molecule has 4 atom stereocenters. The molecule has 2 rings (SSSR count). The van der Waals surface area contributed by atoms with Crippen molar-refractivity contribution in [3.63, 3.8) is 0 Å². The van der Waals surface area contributed by atoms with Gasteiger partial charge in [0.05, 0.1) is 18.8 Å². The first kappa shape index (κ1) is 19.4. The minimum absolute atomic E-state index is 0.168. The lowest BCUT2D eigenvalue weighted by atomic mass is 9.76. The van der Waals surface area contributed by atoms with Crippen LogP contribution in [0.4, 0.5) is 4.79 Å². The summed E-state index contributed by atoms with van der Waals surface area (Å²) in [5.41, 5.74) is -0.616. The summed E-state index contributed by atoms with van der Waals surface area (Å²) in [5, 5.41) is 10.7. The fraction of sp³-hybridized carbons (Fsp3) is 0.941. The molecule has 7 heteroatoms. The van der Waals surface area contributed by atoms with Gasteiger partial charge in [0, 0.05) is 18.9 Å². The van der Waals surface area contributed by atoms with Crippen LogP contribution in [-0.2, 0) is 23.7 Å². The molecule has 0 aromatic carbocycles. The molecule has 24 heavy (non-hydrogen) atoms. The third kappa shape index (κ3) is 3.85. The van der Waals surface area contributed by atoms with Gasteiger partial charge in [-0.3, -0.25) is 0 Å². The molecule has 0 aromatic heterocycles. The first-order valence-corrected chi connectivity index (χ1v) is 8.64. The van der Waals surface area contributed by atoms with Crippen LogP contribution in [0.25, 0.3) is 0 Å². The van der Waals surface area contributed by atoms with Crippen molar-refractivity contribution in [3.8, 4) is 0 Å². The number of aliphatic hydroxyl groups excluding tert-OH is 1. The molecular weight excluding hydrogens is 316 g/mol. The van der Waals surface area contributed by atoms with Gasteiger partial charge in [-0.15, -0.1) is 0 Å². The Labute approximate surface area is 143 Å². The predicted molar refractivity (Wildman–Crippen MR) is 85.6 cm³/mol. The summed E-state index contributed by atoms with van der Waals surface area (Å²) in [7, 11) is 1.61. The molecule has 2 heterocycles. The van der Waals surface area contributed by atoms with Crippen molar-refractivity contribution in [2.75, 3.05) is 20.3 Å². The van der Waals surface area contributed by atoms with Crippen LogP contribution in [-0.4, -0.2) is 61.8 Å². The van der Waals surface area contributed by atoms with Crippen LogP contribution in [0.5, 0.6) is 0 Å². The van der Waals surface area contributed by atoms with E-state index in [0.717, 1.165) is 12.8 Å². The van der Waals surface area contributed by atoms with Crippen molar-refractivity contribution in [2.24, 2.45) is 5.41 Å². The first-order valence-electron chi connectivity index (χ1n) is 8.64. The molecule has 2 saturated heterocycles. The van der Waals surface area contributed by atoms with Gasteiger partial charge in [-0.2, -0.15) is 0 Å². The molecule has 0 bridgehead atoms. The highest BCUT2D eigenvalue weighted by atomic mass is 16.8. The number of rotatable bonds is 8.